The smallest absolute Gasteiger partial charge is 0.251 e. The first-order valence-electron chi connectivity index (χ1n) is 7.31. The Morgan fingerprint density at radius 2 is 2.00 bits per heavy atom. The maximum atomic E-state index is 12.1. The molecule has 0 spiro atoms. The Morgan fingerprint density at radius 1 is 1.24 bits per heavy atom. The third-order valence-electron chi connectivity index (χ3n) is 2.76. The van der Waals surface area contributed by atoms with E-state index < -0.39 is 0 Å². The number of hydrogen-bond acceptors (Lipinski definition) is 4. The first-order chi connectivity index (χ1) is 10.1. The number of methoxy groups -OCH3 is 1. The summed E-state index contributed by atoms with van der Waals surface area (Å²) in [7, 11) is 1.61. The molecule has 0 aromatic heterocycles. The number of amides is 1. The molecule has 0 fully saturated rings. The van der Waals surface area contributed by atoms with E-state index in [2.05, 4.69) is 5.32 Å². The van der Waals surface area contributed by atoms with Crippen molar-refractivity contribution in [2.45, 2.75) is 33.2 Å². The van der Waals surface area contributed by atoms with Crippen LogP contribution in [0.2, 0.25) is 0 Å². The van der Waals surface area contributed by atoms with Gasteiger partial charge >= 0.3 is 0 Å². The van der Waals surface area contributed by atoms with Gasteiger partial charge in [0.1, 0.15) is 0 Å². The van der Waals surface area contributed by atoms with Crippen molar-refractivity contribution in [3.05, 3.63) is 23.8 Å². The predicted molar refractivity (Wildman–Crippen MR) is 82.2 cm³/mol. The molecule has 0 bridgehead atoms. The summed E-state index contributed by atoms with van der Waals surface area (Å²) in [4.78, 5) is 12.1. The van der Waals surface area contributed by atoms with E-state index in [9.17, 15) is 4.79 Å². The average Bonchev–Trinajstić information content (AvgIpc) is 2.46. The van der Waals surface area contributed by atoms with Gasteiger partial charge in [0.2, 0.25) is 0 Å². The summed E-state index contributed by atoms with van der Waals surface area (Å²) in [6, 6.07) is 5.18. The molecule has 1 unspecified atom stereocenters. The van der Waals surface area contributed by atoms with Crippen molar-refractivity contribution in [2.75, 3.05) is 26.9 Å². The molecule has 5 heteroatoms. The zero-order valence-electron chi connectivity index (χ0n) is 13.3. The fourth-order valence-corrected chi connectivity index (χ4v) is 1.85. The quantitative estimate of drug-likeness (QED) is 0.761. The van der Waals surface area contributed by atoms with Gasteiger partial charge in [-0.1, -0.05) is 6.92 Å². The van der Waals surface area contributed by atoms with Gasteiger partial charge in [0.25, 0.3) is 5.91 Å². The van der Waals surface area contributed by atoms with Gasteiger partial charge in [-0.3, -0.25) is 4.79 Å². The van der Waals surface area contributed by atoms with Crippen LogP contribution in [-0.4, -0.2) is 38.9 Å². The molecule has 0 saturated heterocycles. The van der Waals surface area contributed by atoms with Crippen LogP contribution >= 0.6 is 0 Å². The van der Waals surface area contributed by atoms with E-state index in [4.69, 9.17) is 14.2 Å². The van der Waals surface area contributed by atoms with Crippen molar-refractivity contribution < 1.29 is 19.0 Å². The van der Waals surface area contributed by atoms with E-state index >= 15 is 0 Å². The second-order valence-corrected chi connectivity index (χ2v) is 4.77. The molecule has 0 heterocycles. The Balaban J connectivity index is 2.83. The highest BCUT2D eigenvalue weighted by molar-refractivity contribution is 5.95. The molecule has 1 N–H and O–H groups in total. The molecule has 0 saturated carbocycles. The number of hydrogen-bond donors (Lipinski definition) is 1. The summed E-state index contributed by atoms with van der Waals surface area (Å²) in [5, 5.41) is 2.87. The van der Waals surface area contributed by atoms with Gasteiger partial charge in [-0.05, 0) is 38.5 Å². The third kappa shape index (κ3) is 5.63. The summed E-state index contributed by atoms with van der Waals surface area (Å²) in [6.07, 6.45) is 0.919. The highest BCUT2D eigenvalue weighted by Gasteiger charge is 2.13. The minimum absolute atomic E-state index is 0.0472. The average molecular weight is 295 g/mol. The highest BCUT2D eigenvalue weighted by Crippen LogP contribution is 2.28. The fraction of sp³-hybridized carbons (Fsp3) is 0.562. The second kappa shape index (κ2) is 9.23. The first-order valence-corrected chi connectivity index (χ1v) is 7.31. The van der Waals surface area contributed by atoms with Crippen LogP contribution in [0.1, 0.15) is 37.6 Å². The van der Waals surface area contributed by atoms with Crippen molar-refractivity contribution in [3.8, 4) is 11.5 Å². The number of carbonyl (C=O) groups is 1. The second-order valence-electron chi connectivity index (χ2n) is 4.77. The van der Waals surface area contributed by atoms with Gasteiger partial charge in [0, 0.05) is 18.7 Å². The molecule has 5 nitrogen and oxygen atoms in total. The van der Waals surface area contributed by atoms with Gasteiger partial charge in [0.05, 0.1) is 19.8 Å². The summed E-state index contributed by atoms with van der Waals surface area (Å²) < 4.78 is 16.2. The van der Waals surface area contributed by atoms with Gasteiger partial charge < -0.3 is 19.5 Å². The minimum atomic E-state index is -0.150. The Kier molecular flexibility index (Phi) is 7.61. The summed E-state index contributed by atoms with van der Waals surface area (Å²) >= 11 is 0. The molecule has 118 valence electrons. The Bertz CT molecular complexity index is 448. The molecule has 1 aromatic rings. The standard InChI is InChI=1S/C16H25NO4/c1-5-9-21-14-8-7-13(10-15(14)20-6-2)16(18)17-12(3)11-19-4/h7-8,10,12H,5-6,9,11H2,1-4H3,(H,17,18). The number of benzene rings is 1. The van der Waals surface area contributed by atoms with Crippen LogP contribution in [0, 0.1) is 0 Å². The maximum Gasteiger partial charge on any atom is 0.251 e. The van der Waals surface area contributed by atoms with Crippen LogP contribution in [0.25, 0.3) is 0 Å². The van der Waals surface area contributed by atoms with Gasteiger partial charge in [-0.15, -0.1) is 0 Å². The third-order valence-corrected chi connectivity index (χ3v) is 2.76. The van der Waals surface area contributed by atoms with Gasteiger partial charge in [0.15, 0.2) is 11.5 Å². The van der Waals surface area contributed by atoms with E-state index in [1.54, 1.807) is 25.3 Å². The monoisotopic (exact) mass is 295 g/mol. The number of nitrogens with one attached hydrogen (secondary N) is 1. The lowest BCUT2D eigenvalue weighted by Gasteiger charge is -2.15. The van der Waals surface area contributed by atoms with Crippen LogP contribution in [0.3, 0.4) is 0 Å². The molecule has 0 aliphatic rings. The topological polar surface area (TPSA) is 56.8 Å². The number of rotatable bonds is 9. The van der Waals surface area contributed by atoms with E-state index in [1.165, 1.54) is 0 Å². The van der Waals surface area contributed by atoms with E-state index in [1.807, 2.05) is 20.8 Å². The molecule has 1 amide bonds. The van der Waals surface area contributed by atoms with Crippen LogP contribution in [0.4, 0.5) is 0 Å². The highest BCUT2D eigenvalue weighted by atomic mass is 16.5. The van der Waals surface area contributed by atoms with Crippen LogP contribution in [0.15, 0.2) is 18.2 Å². The van der Waals surface area contributed by atoms with Crippen molar-refractivity contribution in [2.24, 2.45) is 0 Å². The Morgan fingerprint density at radius 3 is 2.62 bits per heavy atom. The SMILES string of the molecule is CCCOc1ccc(C(=O)NC(C)COC)cc1OCC. The zero-order valence-corrected chi connectivity index (χ0v) is 13.3. The van der Waals surface area contributed by atoms with Crippen LogP contribution in [-0.2, 0) is 4.74 Å². The summed E-state index contributed by atoms with van der Waals surface area (Å²) in [6.45, 7) is 7.45. The van der Waals surface area contributed by atoms with E-state index in [0.29, 0.717) is 36.9 Å². The van der Waals surface area contributed by atoms with Crippen molar-refractivity contribution in [1.82, 2.24) is 5.32 Å². The largest absolute Gasteiger partial charge is 0.490 e. The Hall–Kier alpha value is -1.75. The normalized spacial score (nSPS) is 11.8. The summed E-state index contributed by atoms with van der Waals surface area (Å²) in [5.74, 6) is 1.11. The fourth-order valence-electron chi connectivity index (χ4n) is 1.85. The van der Waals surface area contributed by atoms with Gasteiger partial charge in [-0.25, -0.2) is 0 Å². The molecule has 1 atom stereocenters. The lowest BCUT2D eigenvalue weighted by molar-refractivity contribution is 0.0905. The number of carbonyl (C=O) groups excluding carboxylic acids is 1. The van der Waals surface area contributed by atoms with Crippen molar-refractivity contribution >= 4 is 5.91 Å². The predicted octanol–water partition coefficient (Wildman–Crippen LogP) is 2.64. The van der Waals surface area contributed by atoms with Crippen LogP contribution < -0.4 is 14.8 Å². The zero-order chi connectivity index (χ0) is 15.7. The molecule has 0 aliphatic carbocycles. The van der Waals surface area contributed by atoms with E-state index in [-0.39, 0.29) is 11.9 Å². The molecule has 1 aromatic carbocycles. The molecule has 1 rings (SSSR count). The van der Waals surface area contributed by atoms with Crippen molar-refractivity contribution in [1.29, 1.82) is 0 Å². The van der Waals surface area contributed by atoms with Crippen LogP contribution in [0.5, 0.6) is 11.5 Å². The molecular formula is C16H25NO4. The molecule has 0 aliphatic heterocycles. The van der Waals surface area contributed by atoms with Crippen molar-refractivity contribution in [3.63, 3.8) is 0 Å². The van der Waals surface area contributed by atoms with Gasteiger partial charge in [-0.2, -0.15) is 0 Å². The lowest BCUT2D eigenvalue weighted by Crippen LogP contribution is -2.35. The van der Waals surface area contributed by atoms with E-state index in [0.717, 1.165) is 6.42 Å². The molecule has 0 radical (unpaired) electrons. The first kappa shape index (κ1) is 17.3. The minimum Gasteiger partial charge on any atom is -0.490 e. The number of ether oxygens (including phenoxy) is 3. The maximum absolute atomic E-state index is 12.1. The summed E-state index contributed by atoms with van der Waals surface area (Å²) in [5.41, 5.74) is 0.547. The molecular weight excluding hydrogens is 270 g/mol. The lowest BCUT2D eigenvalue weighted by atomic mass is 10.1. The molecule has 21 heavy (non-hydrogen) atoms. The Labute approximate surface area is 126 Å².